The van der Waals surface area contributed by atoms with E-state index in [1.165, 1.54) is 10.2 Å². The maximum Gasteiger partial charge on any atom is 0.266 e. The SMILES string of the molecule is C[C@@H]1Cc2ccccc2N1C(=O)CN1CCc2nn(C)c(=O)cc2C1. The fraction of sp³-hybridized carbons (Fsp3) is 0.421. The lowest BCUT2D eigenvalue weighted by Gasteiger charge is -2.30. The van der Waals surface area contributed by atoms with E-state index >= 15 is 0 Å². The van der Waals surface area contributed by atoms with Gasteiger partial charge < -0.3 is 4.90 Å². The minimum absolute atomic E-state index is 0.103. The number of nitrogens with zero attached hydrogens (tertiary/aromatic N) is 4. The molecular weight excluding hydrogens is 316 g/mol. The number of para-hydroxylation sites is 1. The Labute approximate surface area is 146 Å². The molecule has 2 aliphatic rings. The number of anilines is 1. The van der Waals surface area contributed by atoms with Gasteiger partial charge in [0.25, 0.3) is 5.56 Å². The lowest BCUT2D eigenvalue weighted by Crippen LogP contribution is -2.45. The summed E-state index contributed by atoms with van der Waals surface area (Å²) in [5.74, 6) is 0.123. The highest BCUT2D eigenvalue weighted by Crippen LogP contribution is 2.32. The fourth-order valence-electron chi connectivity index (χ4n) is 3.90. The van der Waals surface area contributed by atoms with Crippen LogP contribution in [0.3, 0.4) is 0 Å². The van der Waals surface area contributed by atoms with Crippen molar-refractivity contribution in [2.45, 2.75) is 32.4 Å². The van der Waals surface area contributed by atoms with Crippen LogP contribution in [0.5, 0.6) is 0 Å². The van der Waals surface area contributed by atoms with Crippen molar-refractivity contribution in [2.75, 3.05) is 18.0 Å². The molecule has 0 radical (unpaired) electrons. The molecule has 6 nitrogen and oxygen atoms in total. The maximum absolute atomic E-state index is 12.9. The highest BCUT2D eigenvalue weighted by atomic mass is 16.2. The average Bonchev–Trinajstić information content (AvgIpc) is 2.92. The molecule has 1 aromatic heterocycles. The number of carbonyl (C=O) groups is 1. The predicted molar refractivity (Wildman–Crippen MR) is 95.6 cm³/mol. The summed E-state index contributed by atoms with van der Waals surface area (Å²) in [6.07, 6.45) is 1.67. The summed E-state index contributed by atoms with van der Waals surface area (Å²) >= 11 is 0. The Morgan fingerprint density at radius 3 is 2.92 bits per heavy atom. The fourth-order valence-corrected chi connectivity index (χ4v) is 3.90. The first-order valence-corrected chi connectivity index (χ1v) is 8.71. The largest absolute Gasteiger partial charge is 0.308 e. The molecule has 0 fully saturated rings. The molecule has 1 amide bonds. The Kier molecular flexibility index (Phi) is 3.92. The highest BCUT2D eigenvalue weighted by Gasteiger charge is 2.32. The second-order valence-corrected chi connectivity index (χ2v) is 6.98. The first-order chi connectivity index (χ1) is 12.0. The number of benzene rings is 1. The summed E-state index contributed by atoms with van der Waals surface area (Å²) in [7, 11) is 1.67. The van der Waals surface area contributed by atoms with Crippen LogP contribution in [0.1, 0.15) is 23.7 Å². The Balaban J connectivity index is 1.51. The Morgan fingerprint density at radius 1 is 1.28 bits per heavy atom. The summed E-state index contributed by atoms with van der Waals surface area (Å²) in [6.45, 7) is 3.85. The molecule has 4 rings (SSSR count). The van der Waals surface area contributed by atoms with Gasteiger partial charge in [0.2, 0.25) is 5.91 Å². The van der Waals surface area contributed by atoms with Crippen molar-refractivity contribution in [3.63, 3.8) is 0 Å². The molecule has 0 aliphatic carbocycles. The molecule has 0 spiro atoms. The van der Waals surface area contributed by atoms with Crippen molar-refractivity contribution in [3.05, 3.63) is 57.5 Å². The van der Waals surface area contributed by atoms with Gasteiger partial charge in [0.1, 0.15) is 0 Å². The van der Waals surface area contributed by atoms with Gasteiger partial charge in [-0.15, -0.1) is 0 Å². The van der Waals surface area contributed by atoms with Crippen LogP contribution in [0.15, 0.2) is 35.1 Å². The molecule has 0 saturated heterocycles. The van der Waals surface area contributed by atoms with Crippen LogP contribution in [0.25, 0.3) is 0 Å². The minimum atomic E-state index is -0.103. The standard InChI is InChI=1S/C19H22N4O2/c1-13-9-14-5-3-4-6-17(14)23(13)19(25)12-22-8-7-16-15(11-22)10-18(24)21(2)20-16/h3-6,10,13H,7-9,11-12H2,1-2H3/t13-/m1/s1. The van der Waals surface area contributed by atoms with Gasteiger partial charge in [0.15, 0.2) is 0 Å². The van der Waals surface area contributed by atoms with Crippen molar-refractivity contribution >= 4 is 11.6 Å². The van der Waals surface area contributed by atoms with Gasteiger partial charge in [0, 0.05) is 44.4 Å². The molecule has 130 valence electrons. The average molecular weight is 338 g/mol. The Morgan fingerprint density at radius 2 is 2.08 bits per heavy atom. The second-order valence-electron chi connectivity index (χ2n) is 6.98. The number of fused-ring (bicyclic) bond motifs is 2. The van der Waals surface area contributed by atoms with E-state index in [0.29, 0.717) is 13.1 Å². The molecule has 0 N–H and O–H groups in total. The van der Waals surface area contributed by atoms with E-state index in [0.717, 1.165) is 36.3 Å². The lowest BCUT2D eigenvalue weighted by atomic mass is 10.1. The van der Waals surface area contributed by atoms with Crippen LogP contribution in [0, 0.1) is 0 Å². The first kappa shape index (κ1) is 16.0. The first-order valence-electron chi connectivity index (χ1n) is 8.71. The summed E-state index contributed by atoms with van der Waals surface area (Å²) in [5, 5.41) is 4.33. The molecule has 1 aromatic carbocycles. The number of aromatic nitrogens is 2. The van der Waals surface area contributed by atoms with E-state index in [2.05, 4.69) is 23.0 Å². The zero-order valence-corrected chi connectivity index (χ0v) is 14.6. The highest BCUT2D eigenvalue weighted by molar-refractivity contribution is 5.97. The van der Waals surface area contributed by atoms with Crippen LogP contribution < -0.4 is 10.5 Å². The molecule has 2 aliphatic heterocycles. The van der Waals surface area contributed by atoms with E-state index in [-0.39, 0.29) is 17.5 Å². The molecule has 0 saturated carbocycles. The van der Waals surface area contributed by atoms with Gasteiger partial charge in [-0.3, -0.25) is 14.5 Å². The van der Waals surface area contributed by atoms with Gasteiger partial charge in [-0.1, -0.05) is 18.2 Å². The number of amides is 1. The number of carbonyl (C=O) groups excluding carboxylic acids is 1. The zero-order valence-electron chi connectivity index (χ0n) is 14.6. The summed E-state index contributed by atoms with van der Waals surface area (Å²) in [4.78, 5) is 28.8. The van der Waals surface area contributed by atoms with Crippen LogP contribution in [-0.2, 0) is 31.2 Å². The van der Waals surface area contributed by atoms with Crippen molar-refractivity contribution < 1.29 is 4.79 Å². The van der Waals surface area contributed by atoms with Crippen LogP contribution in [-0.4, -0.2) is 39.7 Å². The van der Waals surface area contributed by atoms with Gasteiger partial charge >= 0.3 is 0 Å². The molecule has 2 aromatic rings. The monoisotopic (exact) mass is 338 g/mol. The third-order valence-corrected chi connectivity index (χ3v) is 5.15. The smallest absolute Gasteiger partial charge is 0.266 e. The zero-order chi connectivity index (χ0) is 17.6. The van der Waals surface area contributed by atoms with E-state index in [1.54, 1.807) is 13.1 Å². The molecular formula is C19H22N4O2. The molecule has 0 bridgehead atoms. The van der Waals surface area contributed by atoms with Crippen LogP contribution >= 0.6 is 0 Å². The number of hydrogen-bond acceptors (Lipinski definition) is 4. The van der Waals surface area contributed by atoms with Gasteiger partial charge in [-0.2, -0.15) is 5.10 Å². The Hall–Kier alpha value is -2.47. The van der Waals surface area contributed by atoms with Gasteiger partial charge in [0.05, 0.1) is 12.2 Å². The second kappa shape index (κ2) is 6.11. The summed E-state index contributed by atoms with van der Waals surface area (Å²) in [5.41, 5.74) is 4.07. The van der Waals surface area contributed by atoms with E-state index in [4.69, 9.17) is 0 Å². The predicted octanol–water partition coefficient (Wildman–Crippen LogP) is 1.12. The van der Waals surface area contributed by atoms with E-state index in [1.807, 2.05) is 23.1 Å². The van der Waals surface area contributed by atoms with E-state index in [9.17, 15) is 9.59 Å². The maximum atomic E-state index is 12.9. The van der Waals surface area contributed by atoms with Crippen LogP contribution in [0.2, 0.25) is 0 Å². The van der Waals surface area contributed by atoms with E-state index < -0.39 is 0 Å². The third kappa shape index (κ3) is 2.87. The normalized spacial score (nSPS) is 19.6. The molecule has 6 heteroatoms. The molecule has 25 heavy (non-hydrogen) atoms. The van der Waals surface area contributed by atoms with Crippen LogP contribution in [0.4, 0.5) is 5.69 Å². The van der Waals surface area contributed by atoms with Gasteiger partial charge in [-0.05, 0) is 30.5 Å². The van der Waals surface area contributed by atoms with Crippen molar-refractivity contribution in [1.29, 1.82) is 0 Å². The molecule has 3 heterocycles. The summed E-state index contributed by atoms with van der Waals surface area (Å²) in [6, 6.07) is 9.96. The number of aryl methyl sites for hydroxylation is 1. The van der Waals surface area contributed by atoms with Gasteiger partial charge in [-0.25, -0.2) is 4.68 Å². The quantitative estimate of drug-likeness (QED) is 0.823. The summed E-state index contributed by atoms with van der Waals surface area (Å²) < 4.78 is 1.38. The third-order valence-electron chi connectivity index (χ3n) is 5.15. The van der Waals surface area contributed by atoms with Crippen molar-refractivity contribution in [1.82, 2.24) is 14.7 Å². The number of hydrogen-bond donors (Lipinski definition) is 0. The van der Waals surface area contributed by atoms with Crippen molar-refractivity contribution in [3.8, 4) is 0 Å². The topological polar surface area (TPSA) is 58.4 Å². The lowest BCUT2D eigenvalue weighted by molar-refractivity contribution is -0.120. The van der Waals surface area contributed by atoms with Crippen molar-refractivity contribution in [2.24, 2.45) is 7.05 Å². The Bertz CT molecular complexity index is 889. The molecule has 1 atom stereocenters. The molecule has 0 unspecified atom stereocenters. The number of rotatable bonds is 2. The minimum Gasteiger partial charge on any atom is -0.308 e.